The van der Waals surface area contributed by atoms with E-state index < -0.39 is 24.2 Å². The minimum atomic E-state index is -2.82. The summed E-state index contributed by atoms with van der Waals surface area (Å²) in [5.41, 5.74) is 0. The third kappa shape index (κ3) is 4.59. The monoisotopic (exact) mass is 358 g/mol. The highest BCUT2D eigenvalue weighted by atomic mass is 19.3. The number of likely N-dealkylation sites (tertiary alicyclic amines) is 1. The van der Waals surface area contributed by atoms with Crippen LogP contribution in [0.1, 0.15) is 19.3 Å². The Hall–Kier alpha value is -1.90. The van der Waals surface area contributed by atoms with Gasteiger partial charge in [-0.25, -0.2) is 23.1 Å². The highest BCUT2D eigenvalue weighted by molar-refractivity contribution is 5.80. The third-order valence-electron chi connectivity index (χ3n) is 4.73. The number of hydrogen-bond acceptors (Lipinski definition) is 5. The molecule has 6 nitrogen and oxygen atoms in total. The van der Waals surface area contributed by atoms with Gasteiger partial charge in [0.2, 0.25) is 11.9 Å². The zero-order valence-electron chi connectivity index (χ0n) is 13.8. The summed E-state index contributed by atoms with van der Waals surface area (Å²) in [7, 11) is 0. The molecule has 1 N–H and O–H groups in total. The first kappa shape index (κ1) is 17.9. The van der Waals surface area contributed by atoms with Crippen molar-refractivity contribution in [1.82, 2.24) is 14.9 Å². The molecule has 2 fully saturated rings. The topological polar surface area (TPSA) is 67.3 Å². The molecule has 3 rings (SSSR count). The fourth-order valence-corrected chi connectivity index (χ4v) is 3.34. The molecule has 1 aromatic rings. The average Bonchev–Trinajstić information content (AvgIpc) is 2.97. The lowest BCUT2D eigenvalue weighted by Gasteiger charge is -2.32. The summed E-state index contributed by atoms with van der Waals surface area (Å²) >= 11 is 0. The smallest absolute Gasteiger partial charge is 0.267 e. The number of anilines is 1. The molecule has 25 heavy (non-hydrogen) atoms. The first-order valence-corrected chi connectivity index (χ1v) is 8.40. The molecule has 1 amide bonds. The van der Waals surface area contributed by atoms with Gasteiger partial charge in [0, 0.05) is 32.7 Å². The van der Waals surface area contributed by atoms with E-state index in [1.165, 1.54) is 4.90 Å². The summed E-state index contributed by atoms with van der Waals surface area (Å²) in [6, 6.07) is 0. The van der Waals surface area contributed by atoms with Gasteiger partial charge in [-0.1, -0.05) is 0 Å². The first-order valence-electron chi connectivity index (χ1n) is 8.40. The predicted molar refractivity (Wildman–Crippen MR) is 83.7 cm³/mol. The van der Waals surface area contributed by atoms with Gasteiger partial charge in [0.25, 0.3) is 5.92 Å². The molecule has 0 radical (unpaired) electrons. The van der Waals surface area contributed by atoms with E-state index in [9.17, 15) is 18.0 Å². The maximum atomic E-state index is 13.5. The minimum Gasteiger partial charge on any atom is -0.381 e. The molecule has 9 heteroatoms. The van der Waals surface area contributed by atoms with E-state index in [4.69, 9.17) is 4.74 Å². The summed E-state index contributed by atoms with van der Waals surface area (Å²) in [6.45, 7) is 0.865. The lowest BCUT2D eigenvalue weighted by Crippen LogP contribution is -2.43. The van der Waals surface area contributed by atoms with Gasteiger partial charge in [-0.2, -0.15) is 0 Å². The SMILES string of the molecule is O=C(C(CNc1ncc(F)cn1)C1CCOCC1)N1CCC(F)(F)C1. The Morgan fingerprint density at radius 2 is 2.04 bits per heavy atom. The lowest BCUT2D eigenvalue weighted by molar-refractivity contribution is -0.138. The van der Waals surface area contributed by atoms with Crippen molar-refractivity contribution in [1.29, 1.82) is 0 Å². The molecule has 0 aliphatic carbocycles. The van der Waals surface area contributed by atoms with Crippen molar-refractivity contribution in [2.24, 2.45) is 11.8 Å². The Kier molecular flexibility index (Phi) is 5.41. The van der Waals surface area contributed by atoms with Gasteiger partial charge in [-0.15, -0.1) is 0 Å². The van der Waals surface area contributed by atoms with Crippen LogP contribution in [0.25, 0.3) is 0 Å². The molecule has 0 saturated carbocycles. The molecule has 1 atom stereocenters. The Labute approximate surface area is 143 Å². The highest BCUT2D eigenvalue weighted by Crippen LogP contribution is 2.31. The lowest BCUT2D eigenvalue weighted by atomic mass is 9.85. The van der Waals surface area contributed by atoms with E-state index in [1.54, 1.807) is 0 Å². The normalized spacial score (nSPS) is 22.0. The molecule has 3 heterocycles. The summed E-state index contributed by atoms with van der Waals surface area (Å²) < 4.78 is 45.1. The zero-order chi connectivity index (χ0) is 17.9. The molecule has 138 valence electrons. The van der Waals surface area contributed by atoms with Crippen LogP contribution in [0.5, 0.6) is 0 Å². The Morgan fingerprint density at radius 3 is 2.64 bits per heavy atom. The summed E-state index contributed by atoms with van der Waals surface area (Å²) in [6.07, 6.45) is 3.16. The number of hydrogen-bond donors (Lipinski definition) is 1. The van der Waals surface area contributed by atoms with Crippen LogP contribution in [-0.4, -0.2) is 59.5 Å². The second kappa shape index (κ2) is 7.55. The van der Waals surface area contributed by atoms with Crippen molar-refractivity contribution >= 4 is 11.9 Å². The number of carbonyl (C=O) groups is 1. The number of ether oxygens (including phenoxy) is 1. The molecule has 0 aromatic carbocycles. The molecular formula is C16H21F3N4O2. The van der Waals surface area contributed by atoms with E-state index in [1.807, 2.05) is 0 Å². The fourth-order valence-electron chi connectivity index (χ4n) is 3.34. The second-order valence-electron chi connectivity index (χ2n) is 6.53. The van der Waals surface area contributed by atoms with Crippen molar-refractivity contribution in [2.45, 2.75) is 25.2 Å². The van der Waals surface area contributed by atoms with Crippen LogP contribution in [0.3, 0.4) is 0 Å². The van der Waals surface area contributed by atoms with E-state index in [0.717, 1.165) is 12.4 Å². The predicted octanol–water partition coefficient (Wildman–Crippen LogP) is 1.94. The average molecular weight is 358 g/mol. The van der Waals surface area contributed by atoms with E-state index >= 15 is 0 Å². The number of carbonyl (C=O) groups excluding carboxylic acids is 1. The summed E-state index contributed by atoms with van der Waals surface area (Å²) in [5.74, 6) is -3.86. The van der Waals surface area contributed by atoms with Gasteiger partial charge in [0.15, 0.2) is 5.82 Å². The molecule has 2 aliphatic heterocycles. The number of alkyl halides is 2. The molecule has 1 unspecified atom stereocenters. The first-order chi connectivity index (χ1) is 11.9. The molecule has 2 aliphatic rings. The summed E-state index contributed by atoms with van der Waals surface area (Å²) in [4.78, 5) is 21.7. The number of amides is 1. The Bertz CT molecular complexity index is 594. The van der Waals surface area contributed by atoms with Crippen LogP contribution in [0.2, 0.25) is 0 Å². The van der Waals surface area contributed by atoms with Crippen molar-refractivity contribution in [3.63, 3.8) is 0 Å². The summed E-state index contributed by atoms with van der Waals surface area (Å²) in [5, 5.41) is 2.93. The van der Waals surface area contributed by atoms with Crippen LogP contribution in [-0.2, 0) is 9.53 Å². The van der Waals surface area contributed by atoms with Crippen LogP contribution >= 0.6 is 0 Å². The zero-order valence-corrected chi connectivity index (χ0v) is 13.8. The van der Waals surface area contributed by atoms with Gasteiger partial charge in [0.1, 0.15) is 0 Å². The largest absolute Gasteiger partial charge is 0.381 e. The second-order valence-corrected chi connectivity index (χ2v) is 6.53. The van der Waals surface area contributed by atoms with Gasteiger partial charge >= 0.3 is 0 Å². The number of nitrogens with zero attached hydrogens (tertiary/aromatic N) is 3. The maximum Gasteiger partial charge on any atom is 0.267 e. The number of aromatic nitrogens is 2. The fraction of sp³-hybridized carbons (Fsp3) is 0.688. The molecule has 0 bridgehead atoms. The van der Waals surface area contributed by atoms with Gasteiger partial charge in [0.05, 0.1) is 24.9 Å². The molecule has 0 spiro atoms. The van der Waals surface area contributed by atoms with Crippen molar-refractivity contribution in [3.05, 3.63) is 18.2 Å². The van der Waals surface area contributed by atoms with E-state index in [2.05, 4.69) is 15.3 Å². The molecule has 2 saturated heterocycles. The standard InChI is InChI=1S/C16H21F3N4O2/c17-12-7-20-15(21-8-12)22-9-13(11-1-5-25-6-2-11)14(24)23-4-3-16(18,19)10-23/h7-8,11,13H,1-6,9-10H2,(H,20,21,22). The third-order valence-corrected chi connectivity index (χ3v) is 4.73. The van der Waals surface area contributed by atoms with Crippen LogP contribution < -0.4 is 5.32 Å². The maximum absolute atomic E-state index is 13.5. The highest BCUT2D eigenvalue weighted by Gasteiger charge is 2.43. The van der Waals surface area contributed by atoms with Crippen molar-refractivity contribution in [3.8, 4) is 0 Å². The van der Waals surface area contributed by atoms with Gasteiger partial charge < -0.3 is 15.0 Å². The Morgan fingerprint density at radius 1 is 1.36 bits per heavy atom. The van der Waals surface area contributed by atoms with Crippen LogP contribution in [0.4, 0.5) is 19.1 Å². The Balaban J connectivity index is 1.68. The number of nitrogens with one attached hydrogen (secondary N) is 1. The van der Waals surface area contributed by atoms with Crippen molar-refractivity contribution in [2.75, 3.05) is 38.2 Å². The van der Waals surface area contributed by atoms with E-state index in [0.29, 0.717) is 26.1 Å². The molecular weight excluding hydrogens is 337 g/mol. The van der Waals surface area contributed by atoms with Crippen molar-refractivity contribution < 1.29 is 22.7 Å². The number of halogens is 3. The van der Waals surface area contributed by atoms with Gasteiger partial charge in [-0.3, -0.25) is 4.79 Å². The van der Waals surface area contributed by atoms with Crippen LogP contribution in [0, 0.1) is 17.7 Å². The van der Waals surface area contributed by atoms with Gasteiger partial charge in [-0.05, 0) is 18.8 Å². The minimum absolute atomic E-state index is 0.0448. The van der Waals surface area contributed by atoms with E-state index in [-0.39, 0.29) is 37.3 Å². The number of rotatable bonds is 5. The quantitative estimate of drug-likeness (QED) is 0.871. The van der Waals surface area contributed by atoms with Crippen LogP contribution in [0.15, 0.2) is 12.4 Å². The molecule has 1 aromatic heterocycles.